The molecular formula is C20H25FN2O5S. The minimum atomic E-state index is -3.90. The van der Waals surface area contributed by atoms with E-state index < -0.39 is 15.8 Å². The number of rotatable bonds is 9. The third-order valence-corrected chi connectivity index (χ3v) is 6.25. The van der Waals surface area contributed by atoms with Crippen LogP contribution >= 0.6 is 0 Å². The van der Waals surface area contributed by atoms with Crippen LogP contribution in [0.2, 0.25) is 0 Å². The molecule has 29 heavy (non-hydrogen) atoms. The molecule has 0 unspecified atom stereocenters. The third-order valence-electron chi connectivity index (χ3n) is 4.44. The van der Waals surface area contributed by atoms with Gasteiger partial charge >= 0.3 is 0 Å². The number of methoxy groups -OCH3 is 2. The Hall–Kier alpha value is -2.65. The summed E-state index contributed by atoms with van der Waals surface area (Å²) in [5, 5.41) is 0. The van der Waals surface area contributed by atoms with E-state index in [1.54, 1.807) is 12.1 Å². The van der Waals surface area contributed by atoms with E-state index in [1.807, 2.05) is 13.0 Å². The first-order chi connectivity index (χ1) is 13.7. The molecule has 2 rings (SSSR count). The largest absolute Gasteiger partial charge is 0.493 e. The van der Waals surface area contributed by atoms with E-state index in [4.69, 9.17) is 9.47 Å². The van der Waals surface area contributed by atoms with Crippen molar-refractivity contribution in [1.29, 1.82) is 0 Å². The summed E-state index contributed by atoms with van der Waals surface area (Å²) in [6, 6.07) is 9.82. The molecule has 0 N–H and O–H groups in total. The van der Waals surface area contributed by atoms with Crippen molar-refractivity contribution in [3.63, 3.8) is 0 Å². The molecule has 0 radical (unpaired) electrons. The lowest BCUT2D eigenvalue weighted by atomic mass is 10.2. The number of likely N-dealkylation sites (N-methyl/N-ethyl adjacent to an activating group) is 2. The number of benzene rings is 2. The molecule has 0 saturated heterocycles. The summed E-state index contributed by atoms with van der Waals surface area (Å²) in [5.74, 6) is 0.241. The molecule has 9 heteroatoms. The van der Waals surface area contributed by atoms with Gasteiger partial charge in [0.25, 0.3) is 0 Å². The standard InChI is InChI=1S/C20H25FN2O5S/c1-5-23(13-15-6-11-18(27-3)19(12-15)28-4)20(24)14-22(2)29(25,26)17-9-7-16(21)8-10-17/h6-12H,5,13-14H2,1-4H3. The van der Waals surface area contributed by atoms with Crippen LogP contribution in [0.15, 0.2) is 47.4 Å². The Morgan fingerprint density at radius 1 is 1.03 bits per heavy atom. The third kappa shape index (κ3) is 5.45. The number of ether oxygens (including phenoxy) is 2. The van der Waals surface area contributed by atoms with Crippen LogP contribution in [0, 0.1) is 5.82 Å². The Labute approximate surface area is 170 Å². The highest BCUT2D eigenvalue weighted by Gasteiger charge is 2.25. The topological polar surface area (TPSA) is 76.2 Å². The van der Waals surface area contributed by atoms with E-state index >= 15 is 0 Å². The molecule has 0 aliphatic rings. The molecule has 0 saturated carbocycles. The van der Waals surface area contributed by atoms with Gasteiger partial charge < -0.3 is 14.4 Å². The van der Waals surface area contributed by atoms with Gasteiger partial charge in [-0.3, -0.25) is 4.79 Å². The number of hydrogen-bond acceptors (Lipinski definition) is 5. The average molecular weight is 424 g/mol. The second kappa shape index (κ2) is 9.71. The molecule has 2 aromatic carbocycles. The van der Waals surface area contributed by atoms with Gasteiger partial charge in [0.1, 0.15) is 5.82 Å². The molecule has 0 aliphatic heterocycles. The van der Waals surface area contributed by atoms with Gasteiger partial charge in [-0.25, -0.2) is 12.8 Å². The molecule has 2 aromatic rings. The average Bonchev–Trinajstić information content (AvgIpc) is 2.71. The Kier molecular flexibility index (Phi) is 7.58. The molecule has 0 heterocycles. The number of carbonyl (C=O) groups excluding carboxylic acids is 1. The van der Waals surface area contributed by atoms with Gasteiger partial charge in [0.15, 0.2) is 11.5 Å². The zero-order chi connectivity index (χ0) is 21.6. The molecule has 158 valence electrons. The van der Waals surface area contributed by atoms with Crippen molar-refractivity contribution in [1.82, 2.24) is 9.21 Å². The molecule has 0 bridgehead atoms. The van der Waals surface area contributed by atoms with E-state index in [-0.39, 0.29) is 17.3 Å². The Balaban J connectivity index is 2.12. The summed E-state index contributed by atoms with van der Waals surface area (Å²) in [5.41, 5.74) is 0.821. The minimum absolute atomic E-state index is 0.0721. The molecule has 0 aliphatic carbocycles. The van der Waals surface area contributed by atoms with Crippen molar-refractivity contribution in [2.45, 2.75) is 18.4 Å². The Morgan fingerprint density at radius 2 is 1.66 bits per heavy atom. The van der Waals surface area contributed by atoms with Gasteiger partial charge in [-0.05, 0) is 48.9 Å². The van der Waals surface area contributed by atoms with Crippen LogP contribution in [-0.4, -0.2) is 57.9 Å². The Bertz CT molecular complexity index is 948. The molecule has 7 nitrogen and oxygen atoms in total. The molecule has 0 aromatic heterocycles. The summed E-state index contributed by atoms with van der Waals surface area (Å²) in [6.45, 7) is 2.17. The predicted octanol–water partition coefficient (Wildman–Crippen LogP) is 2.51. The quantitative estimate of drug-likeness (QED) is 0.618. The van der Waals surface area contributed by atoms with Crippen molar-refractivity contribution in [2.75, 3.05) is 34.4 Å². The smallest absolute Gasteiger partial charge is 0.243 e. The summed E-state index contributed by atoms with van der Waals surface area (Å²) >= 11 is 0. The highest BCUT2D eigenvalue weighted by molar-refractivity contribution is 7.89. The fourth-order valence-electron chi connectivity index (χ4n) is 2.74. The zero-order valence-electron chi connectivity index (χ0n) is 16.9. The number of hydrogen-bond donors (Lipinski definition) is 0. The number of amides is 1. The maximum atomic E-state index is 13.1. The van der Waals surface area contributed by atoms with Crippen LogP contribution in [-0.2, 0) is 21.4 Å². The van der Waals surface area contributed by atoms with Gasteiger partial charge in [-0.1, -0.05) is 6.07 Å². The van der Waals surface area contributed by atoms with Gasteiger partial charge in [-0.15, -0.1) is 0 Å². The van der Waals surface area contributed by atoms with E-state index in [0.717, 1.165) is 22.0 Å². The highest BCUT2D eigenvalue weighted by atomic mass is 32.2. The van der Waals surface area contributed by atoms with E-state index in [2.05, 4.69) is 0 Å². The minimum Gasteiger partial charge on any atom is -0.493 e. The summed E-state index contributed by atoms with van der Waals surface area (Å²) in [7, 11) is 0.484. The van der Waals surface area contributed by atoms with Crippen molar-refractivity contribution in [2.24, 2.45) is 0 Å². The number of sulfonamides is 1. The number of carbonyl (C=O) groups is 1. The lowest BCUT2D eigenvalue weighted by Crippen LogP contribution is -2.40. The van der Waals surface area contributed by atoms with Crippen molar-refractivity contribution >= 4 is 15.9 Å². The highest BCUT2D eigenvalue weighted by Crippen LogP contribution is 2.28. The molecular weight excluding hydrogens is 399 g/mol. The van der Waals surface area contributed by atoms with Crippen molar-refractivity contribution in [3.05, 3.63) is 53.8 Å². The maximum Gasteiger partial charge on any atom is 0.243 e. The van der Waals surface area contributed by atoms with Crippen molar-refractivity contribution < 1.29 is 27.1 Å². The van der Waals surface area contributed by atoms with Crippen LogP contribution in [0.1, 0.15) is 12.5 Å². The van der Waals surface area contributed by atoms with Crippen LogP contribution in [0.4, 0.5) is 4.39 Å². The first kappa shape index (κ1) is 22.6. The number of halogens is 1. The maximum absolute atomic E-state index is 13.1. The fraction of sp³-hybridized carbons (Fsp3) is 0.350. The summed E-state index contributed by atoms with van der Waals surface area (Å²) in [6.07, 6.45) is 0. The lowest BCUT2D eigenvalue weighted by molar-refractivity contribution is -0.131. The monoisotopic (exact) mass is 424 g/mol. The van der Waals surface area contributed by atoms with E-state index in [0.29, 0.717) is 24.6 Å². The summed E-state index contributed by atoms with van der Waals surface area (Å²) in [4.78, 5) is 14.2. The van der Waals surface area contributed by atoms with E-state index in [9.17, 15) is 17.6 Å². The van der Waals surface area contributed by atoms with Gasteiger partial charge in [0.05, 0.1) is 25.7 Å². The Morgan fingerprint density at radius 3 is 2.21 bits per heavy atom. The van der Waals surface area contributed by atoms with Gasteiger partial charge in [-0.2, -0.15) is 4.31 Å². The molecule has 1 amide bonds. The zero-order valence-corrected chi connectivity index (χ0v) is 17.7. The lowest BCUT2D eigenvalue weighted by Gasteiger charge is -2.24. The first-order valence-corrected chi connectivity index (χ1v) is 10.4. The summed E-state index contributed by atoms with van der Waals surface area (Å²) < 4.78 is 49.7. The molecule has 0 spiro atoms. The van der Waals surface area contributed by atoms with E-state index in [1.165, 1.54) is 38.3 Å². The SMILES string of the molecule is CCN(Cc1ccc(OC)c(OC)c1)C(=O)CN(C)S(=O)(=O)c1ccc(F)cc1. The number of nitrogens with zero attached hydrogens (tertiary/aromatic N) is 2. The normalized spacial score (nSPS) is 11.4. The fourth-order valence-corrected chi connectivity index (χ4v) is 3.86. The van der Waals surface area contributed by atoms with Gasteiger partial charge in [0, 0.05) is 20.1 Å². The van der Waals surface area contributed by atoms with Crippen molar-refractivity contribution in [3.8, 4) is 11.5 Å². The molecule has 0 fully saturated rings. The second-order valence-electron chi connectivity index (χ2n) is 6.31. The first-order valence-electron chi connectivity index (χ1n) is 8.93. The van der Waals surface area contributed by atoms with Crippen LogP contribution in [0.25, 0.3) is 0 Å². The molecule has 0 atom stereocenters. The second-order valence-corrected chi connectivity index (χ2v) is 8.36. The van der Waals surface area contributed by atoms with Gasteiger partial charge in [0.2, 0.25) is 15.9 Å². The van der Waals surface area contributed by atoms with Crippen LogP contribution < -0.4 is 9.47 Å². The predicted molar refractivity (Wildman–Crippen MR) is 107 cm³/mol. The van der Waals surface area contributed by atoms with Crippen LogP contribution in [0.5, 0.6) is 11.5 Å². The van der Waals surface area contributed by atoms with Crippen LogP contribution in [0.3, 0.4) is 0 Å².